The van der Waals surface area contributed by atoms with E-state index < -0.39 is 0 Å². The average Bonchev–Trinajstić information content (AvgIpc) is 2.83. The SMILES string of the molecule is CN(Cc1ccccc1)c1nc(N)nc(N(C)Cc2ccccc2)c1C(C#N)=C(C#N)C#N. The quantitative estimate of drug-likeness (QED) is 0.558. The van der Waals surface area contributed by atoms with Crippen LogP contribution >= 0.6 is 0 Å². The van der Waals surface area contributed by atoms with Gasteiger partial charge in [-0.05, 0) is 11.1 Å². The molecule has 0 unspecified atom stereocenters. The molecule has 0 spiro atoms. The van der Waals surface area contributed by atoms with Gasteiger partial charge in [0.25, 0.3) is 0 Å². The van der Waals surface area contributed by atoms with E-state index in [1.165, 1.54) is 0 Å². The minimum absolute atomic E-state index is 0.0244. The first kappa shape index (κ1) is 22.8. The second-order valence-electron chi connectivity index (χ2n) is 7.37. The summed E-state index contributed by atoms with van der Waals surface area (Å²) in [7, 11) is 3.62. The Hall–Kier alpha value is -4.87. The van der Waals surface area contributed by atoms with Gasteiger partial charge in [0.1, 0.15) is 35.4 Å². The van der Waals surface area contributed by atoms with Gasteiger partial charge in [-0.2, -0.15) is 25.8 Å². The maximum absolute atomic E-state index is 9.94. The Morgan fingerprint density at radius 1 is 0.758 bits per heavy atom. The number of nitrogens with zero attached hydrogens (tertiary/aromatic N) is 7. The number of benzene rings is 2. The maximum Gasteiger partial charge on any atom is 0.223 e. The second-order valence-corrected chi connectivity index (χ2v) is 7.37. The zero-order chi connectivity index (χ0) is 23.8. The number of aromatic nitrogens is 2. The fourth-order valence-electron chi connectivity index (χ4n) is 3.47. The van der Waals surface area contributed by atoms with E-state index in [1.54, 1.807) is 0 Å². The first-order valence-corrected chi connectivity index (χ1v) is 10.1. The van der Waals surface area contributed by atoms with Crippen molar-refractivity contribution in [2.45, 2.75) is 13.1 Å². The van der Waals surface area contributed by atoms with Gasteiger partial charge in [0.15, 0.2) is 0 Å². The monoisotopic (exact) mass is 434 g/mol. The summed E-state index contributed by atoms with van der Waals surface area (Å²) in [5, 5.41) is 28.9. The van der Waals surface area contributed by atoms with Crippen molar-refractivity contribution < 1.29 is 0 Å². The third kappa shape index (κ3) is 5.25. The first-order valence-electron chi connectivity index (χ1n) is 10.1. The van der Waals surface area contributed by atoms with Crippen LogP contribution < -0.4 is 15.5 Å². The zero-order valence-electron chi connectivity index (χ0n) is 18.4. The Kier molecular flexibility index (Phi) is 7.21. The van der Waals surface area contributed by atoms with Crippen LogP contribution in [0.5, 0.6) is 0 Å². The number of hydrogen-bond donors (Lipinski definition) is 1. The number of allylic oxidation sites excluding steroid dienone is 2. The van der Waals surface area contributed by atoms with E-state index in [9.17, 15) is 15.8 Å². The molecule has 0 saturated heterocycles. The third-order valence-electron chi connectivity index (χ3n) is 4.97. The van der Waals surface area contributed by atoms with Crippen LogP contribution in [0.2, 0.25) is 0 Å². The number of rotatable bonds is 7. The highest BCUT2D eigenvalue weighted by Gasteiger charge is 2.25. The Bertz CT molecular complexity index is 1190. The predicted molar refractivity (Wildman–Crippen MR) is 127 cm³/mol. The largest absolute Gasteiger partial charge is 0.368 e. The molecule has 1 heterocycles. The standard InChI is InChI=1S/C25H22N8/c1-32(16-18-9-5-3-6-10-18)23-22(21(15-28)20(13-26)14-27)24(31-25(29)30-23)33(2)17-19-11-7-4-8-12-19/h3-12H,16-17H2,1-2H3,(H2,29,30,31). The van der Waals surface area contributed by atoms with E-state index in [4.69, 9.17) is 5.73 Å². The van der Waals surface area contributed by atoms with E-state index >= 15 is 0 Å². The van der Waals surface area contributed by atoms with Gasteiger partial charge in [-0.25, -0.2) is 0 Å². The Morgan fingerprint density at radius 2 is 1.18 bits per heavy atom. The summed E-state index contributed by atoms with van der Waals surface area (Å²) in [6, 6.07) is 25.1. The van der Waals surface area contributed by atoms with Crippen molar-refractivity contribution in [3.8, 4) is 18.2 Å². The summed E-state index contributed by atoms with van der Waals surface area (Å²) in [5.74, 6) is 0.748. The van der Waals surface area contributed by atoms with Crippen molar-refractivity contribution in [2.24, 2.45) is 0 Å². The molecule has 2 N–H and O–H groups in total. The van der Waals surface area contributed by atoms with Crippen LogP contribution in [0.1, 0.15) is 16.7 Å². The van der Waals surface area contributed by atoms with E-state index in [-0.39, 0.29) is 17.1 Å². The van der Waals surface area contributed by atoms with Crippen LogP contribution in [0.25, 0.3) is 5.57 Å². The van der Waals surface area contributed by atoms with Gasteiger partial charge in [-0.1, -0.05) is 60.7 Å². The molecule has 0 aliphatic heterocycles. The second kappa shape index (κ2) is 10.4. The van der Waals surface area contributed by atoms with Crippen LogP contribution in [0.15, 0.2) is 66.2 Å². The Labute approximate surface area is 193 Å². The number of hydrogen-bond acceptors (Lipinski definition) is 8. The molecule has 3 rings (SSSR count). The molecular formula is C25H22N8. The molecule has 0 fully saturated rings. The molecule has 162 valence electrons. The van der Waals surface area contributed by atoms with E-state index in [0.717, 1.165) is 11.1 Å². The fraction of sp³-hybridized carbons (Fsp3) is 0.160. The van der Waals surface area contributed by atoms with Crippen molar-refractivity contribution in [3.63, 3.8) is 0 Å². The molecule has 2 aromatic carbocycles. The van der Waals surface area contributed by atoms with Crippen molar-refractivity contribution >= 4 is 23.2 Å². The first-order chi connectivity index (χ1) is 16.0. The highest BCUT2D eigenvalue weighted by atomic mass is 15.2. The summed E-state index contributed by atoms with van der Waals surface area (Å²) in [5.41, 5.74) is 8.00. The predicted octanol–water partition coefficient (Wildman–Crippen LogP) is 3.66. The third-order valence-corrected chi connectivity index (χ3v) is 4.97. The number of nitriles is 3. The smallest absolute Gasteiger partial charge is 0.223 e. The Balaban J connectivity index is 2.20. The fourth-order valence-corrected chi connectivity index (χ4v) is 3.47. The molecule has 33 heavy (non-hydrogen) atoms. The highest BCUT2D eigenvalue weighted by Crippen LogP contribution is 2.35. The van der Waals surface area contributed by atoms with E-state index in [1.807, 2.05) is 103 Å². The van der Waals surface area contributed by atoms with Gasteiger partial charge in [-0.3, -0.25) is 0 Å². The van der Waals surface area contributed by atoms with Crippen molar-refractivity contribution in [1.29, 1.82) is 15.8 Å². The van der Waals surface area contributed by atoms with E-state index in [0.29, 0.717) is 30.3 Å². The lowest BCUT2D eigenvalue weighted by Crippen LogP contribution is -2.25. The summed E-state index contributed by atoms with van der Waals surface area (Å²) in [4.78, 5) is 12.5. The molecule has 0 aliphatic carbocycles. The maximum atomic E-state index is 9.94. The summed E-state index contributed by atoms with van der Waals surface area (Å²) >= 11 is 0. The Morgan fingerprint density at radius 3 is 1.55 bits per heavy atom. The normalized spacial score (nSPS) is 9.79. The molecular weight excluding hydrogens is 412 g/mol. The molecule has 1 aromatic heterocycles. The molecule has 3 aromatic rings. The average molecular weight is 435 g/mol. The van der Waals surface area contributed by atoms with Crippen molar-refractivity contribution in [3.05, 3.63) is 82.9 Å². The molecule has 8 nitrogen and oxygen atoms in total. The zero-order valence-corrected chi connectivity index (χ0v) is 18.4. The van der Waals surface area contributed by atoms with Gasteiger partial charge in [0.2, 0.25) is 5.95 Å². The summed E-state index contributed by atoms with van der Waals surface area (Å²) in [6.45, 7) is 0.943. The molecule has 0 atom stereocenters. The molecule has 0 saturated carbocycles. The molecule has 0 amide bonds. The van der Waals surface area contributed by atoms with Crippen LogP contribution in [0, 0.1) is 34.0 Å². The van der Waals surface area contributed by atoms with Gasteiger partial charge >= 0.3 is 0 Å². The van der Waals surface area contributed by atoms with Gasteiger partial charge in [-0.15, -0.1) is 0 Å². The van der Waals surface area contributed by atoms with Crippen LogP contribution in [-0.2, 0) is 13.1 Å². The molecule has 0 bridgehead atoms. The van der Waals surface area contributed by atoms with Crippen LogP contribution in [-0.4, -0.2) is 24.1 Å². The van der Waals surface area contributed by atoms with Gasteiger partial charge in [0, 0.05) is 27.2 Å². The van der Waals surface area contributed by atoms with Crippen molar-refractivity contribution in [1.82, 2.24) is 9.97 Å². The number of anilines is 3. The number of nitrogen functional groups attached to an aromatic ring is 1. The van der Waals surface area contributed by atoms with E-state index in [2.05, 4.69) is 9.97 Å². The summed E-state index contributed by atoms with van der Waals surface area (Å²) < 4.78 is 0. The lowest BCUT2D eigenvalue weighted by molar-refractivity contribution is 0.863. The van der Waals surface area contributed by atoms with Crippen LogP contribution in [0.4, 0.5) is 17.6 Å². The molecule has 0 aliphatic rings. The van der Waals surface area contributed by atoms with Crippen LogP contribution in [0.3, 0.4) is 0 Å². The molecule has 0 radical (unpaired) electrons. The highest BCUT2D eigenvalue weighted by molar-refractivity contribution is 5.94. The minimum Gasteiger partial charge on any atom is -0.368 e. The lowest BCUT2D eigenvalue weighted by atomic mass is 10.0. The van der Waals surface area contributed by atoms with Gasteiger partial charge < -0.3 is 15.5 Å². The minimum atomic E-state index is -0.311. The molecule has 8 heteroatoms. The topological polar surface area (TPSA) is 130 Å². The summed E-state index contributed by atoms with van der Waals surface area (Å²) in [6.07, 6.45) is 0. The number of nitrogens with two attached hydrogens (primary N) is 1. The lowest BCUT2D eigenvalue weighted by Gasteiger charge is -2.27. The van der Waals surface area contributed by atoms with Gasteiger partial charge in [0.05, 0.1) is 11.1 Å². The van der Waals surface area contributed by atoms with Crippen molar-refractivity contribution in [2.75, 3.05) is 29.6 Å².